The van der Waals surface area contributed by atoms with Crippen molar-refractivity contribution in [2.75, 3.05) is 26.2 Å². The summed E-state index contributed by atoms with van der Waals surface area (Å²) >= 11 is 0. The van der Waals surface area contributed by atoms with Gasteiger partial charge in [0, 0.05) is 19.1 Å². The number of phenols is 1. The zero-order valence-electron chi connectivity index (χ0n) is 10.9. The summed E-state index contributed by atoms with van der Waals surface area (Å²) in [5.74, 6) is 0.358. The highest BCUT2D eigenvalue weighted by Gasteiger charge is 2.28. The van der Waals surface area contributed by atoms with Crippen LogP contribution in [0.4, 0.5) is 0 Å². The van der Waals surface area contributed by atoms with Gasteiger partial charge in [-0.1, -0.05) is 12.1 Å². The van der Waals surface area contributed by atoms with Gasteiger partial charge in [0.05, 0.1) is 0 Å². The molecule has 2 saturated heterocycles. The third kappa shape index (κ3) is 2.68. The molecule has 18 heavy (non-hydrogen) atoms. The third-order valence-corrected chi connectivity index (χ3v) is 4.23. The molecule has 1 atom stereocenters. The van der Waals surface area contributed by atoms with E-state index in [4.69, 9.17) is 0 Å². The lowest BCUT2D eigenvalue weighted by molar-refractivity contribution is 0.215. The van der Waals surface area contributed by atoms with E-state index in [1.54, 1.807) is 12.1 Å². The van der Waals surface area contributed by atoms with E-state index in [0.29, 0.717) is 5.75 Å². The van der Waals surface area contributed by atoms with Crippen molar-refractivity contribution in [1.82, 2.24) is 9.80 Å². The van der Waals surface area contributed by atoms with E-state index < -0.39 is 0 Å². The average molecular weight is 246 g/mol. The van der Waals surface area contributed by atoms with Crippen molar-refractivity contribution in [1.29, 1.82) is 0 Å². The van der Waals surface area contributed by atoms with Crippen LogP contribution in [0.25, 0.3) is 0 Å². The van der Waals surface area contributed by atoms with Crippen LogP contribution in [0.2, 0.25) is 0 Å². The first-order chi connectivity index (χ1) is 8.81. The molecule has 3 rings (SSSR count). The highest BCUT2D eigenvalue weighted by molar-refractivity contribution is 5.25. The third-order valence-electron chi connectivity index (χ3n) is 4.23. The number of hydrogen-bond donors (Lipinski definition) is 1. The standard InChI is InChI=1S/C15H22N2O/c18-15-6-4-13(5-7-15)11-16-8-2-10-17-9-1-3-14(17)12-16/h4-7,14,18H,1-3,8-12H2. The molecule has 0 bridgehead atoms. The Labute approximate surface area is 109 Å². The number of fused-ring (bicyclic) bond motifs is 1. The molecular formula is C15H22N2O. The summed E-state index contributed by atoms with van der Waals surface area (Å²) in [5, 5.41) is 9.31. The second-order valence-corrected chi connectivity index (χ2v) is 5.59. The Morgan fingerprint density at radius 3 is 2.67 bits per heavy atom. The number of rotatable bonds is 2. The van der Waals surface area contributed by atoms with Crippen LogP contribution in [0.15, 0.2) is 24.3 Å². The van der Waals surface area contributed by atoms with Gasteiger partial charge in [-0.2, -0.15) is 0 Å². The summed E-state index contributed by atoms with van der Waals surface area (Å²) < 4.78 is 0. The van der Waals surface area contributed by atoms with E-state index in [1.165, 1.54) is 51.0 Å². The van der Waals surface area contributed by atoms with Gasteiger partial charge in [-0.15, -0.1) is 0 Å². The molecule has 98 valence electrons. The van der Waals surface area contributed by atoms with Gasteiger partial charge in [-0.05, 0) is 56.6 Å². The van der Waals surface area contributed by atoms with Crippen molar-refractivity contribution >= 4 is 0 Å². The maximum Gasteiger partial charge on any atom is 0.115 e. The molecule has 2 aliphatic heterocycles. The minimum atomic E-state index is 0.358. The first kappa shape index (κ1) is 12.0. The lowest BCUT2D eigenvalue weighted by Gasteiger charge is -2.25. The maximum atomic E-state index is 9.31. The quantitative estimate of drug-likeness (QED) is 0.865. The predicted molar refractivity (Wildman–Crippen MR) is 72.6 cm³/mol. The topological polar surface area (TPSA) is 26.7 Å². The Hall–Kier alpha value is -1.06. The van der Waals surface area contributed by atoms with Crippen molar-refractivity contribution in [3.05, 3.63) is 29.8 Å². The normalized spacial score (nSPS) is 25.9. The summed E-state index contributed by atoms with van der Waals surface area (Å²) in [5.41, 5.74) is 1.30. The average Bonchev–Trinajstić information content (AvgIpc) is 2.71. The monoisotopic (exact) mass is 246 g/mol. The number of benzene rings is 1. The van der Waals surface area contributed by atoms with E-state index in [1.807, 2.05) is 12.1 Å². The molecule has 1 aromatic carbocycles. The molecule has 0 saturated carbocycles. The molecule has 2 heterocycles. The molecule has 0 radical (unpaired) electrons. The van der Waals surface area contributed by atoms with Crippen molar-refractivity contribution in [2.24, 2.45) is 0 Å². The second-order valence-electron chi connectivity index (χ2n) is 5.59. The summed E-state index contributed by atoms with van der Waals surface area (Å²) in [4.78, 5) is 5.24. The van der Waals surface area contributed by atoms with Gasteiger partial charge in [0.1, 0.15) is 5.75 Å². The van der Waals surface area contributed by atoms with Gasteiger partial charge < -0.3 is 5.11 Å². The molecule has 1 unspecified atom stereocenters. The van der Waals surface area contributed by atoms with Crippen LogP contribution in [-0.4, -0.2) is 47.1 Å². The molecule has 3 nitrogen and oxygen atoms in total. The van der Waals surface area contributed by atoms with Crippen LogP contribution in [0.1, 0.15) is 24.8 Å². The van der Waals surface area contributed by atoms with Crippen LogP contribution in [0, 0.1) is 0 Å². The highest BCUT2D eigenvalue weighted by Crippen LogP contribution is 2.22. The van der Waals surface area contributed by atoms with Gasteiger partial charge in [0.25, 0.3) is 0 Å². The number of hydrogen-bond acceptors (Lipinski definition) is 3. The number of aromatic hydroxyl groups is 1. The molecular weight excluding hydrogens is 224 g/mol. The first-order valence-electron chi connectivity index (χ1n) is 7.05. The largest absolute Gasteiger partial charge is 0.508 e. The van der Waals surface area contributed by atoms with Gasteiger partial charge in [-0.3, -0.25) is 9.80 Å². The first-order valence-corrected chi connectivity index (χ1v) is 7.05. The summed E-state index contributed by atoms with van der Waals surface area (Å²) in [6.07, 6.45) is 4.03. The lowest BCUT2D eigenvalue weighted by atomic mass is 10.1. The molecule has 0 amide bonds. The van der Waals surface area contributed by atoms with Gasteiger partial charge >= 0.3 is 0 Å². The van der Waals surface area contributed by atoms with Crippen molar-refractivity contribution in [2.45, 2.75) is 31.8 Å². The van der Waals surface area contributed by atoms with E-state index >= 15 is 0 Å². The van der Waals surface area contributed by atoms with Crippen LogP contribution in [0.3, 0.4) is 0 Å². The minimum absolute atomic E-state index is 0.358. The SMILES string of the molecule is Oc1ccc(CN2CCCN3CCCC3C2)cc1. The molecule has 2 aliphatic rings. The van der Waals surface area contributed by atoms with Crippen LogP contribution in [0.5, 0.6) is 5.75 Å². The van der Waals surface area contributed by atoms with Gasteiger partial charge in [-0.25, -0.2) is 0 Å². The van der Waals surface area contributed by atoms with Crippen LogP contribution < -0.4 is 0 Å². The van der Waals surface area contributed by atoms with Crippen molar-refractivity contribution in [3.8, 4) is 5.75 Å². The number of nitrogens with zero attached hydrogens (tertiary/aromatic N) is 2. The van der Waals surface area contributed by atoms with E-state index in [2.05, 4.69) is 9.80 Å². The summed E-state index contributed by atoms with van der Waals surface area (Å²) in [6.45, 7) is 6.01. The Kier molecular flexibility index (Phi) is 3.52. The molecule has 1 aromatic rings. The van der Waals surface area contributed by atoms with Crippen molar-refractivity contribution in [3.63, 3.8) is 0 Å². The number of phenolic OH excluding ortho intramolecular Hbond substituents is 1. The Balaban J connectivity index is 1.63. The molecule has 0 aromatic heterocycles. The zero-order valence-corrected chi connectivity index (χ0v) is 10.9. The molecule has 0 spiro atoms. The summed E-state index contributed by atoms with van der Waals surface area (Å²) in [6, 6.07) is 8.42. The maximum absolute atomic E-state index is 9.31. The molecule has 0 aliphatic carbocycles. The Bertz CT molecular complexity index is 390. The fourth-order valence-electron chi connectivity index (χ4n) is 3.29. The minimum Gasteiger partial charge on any atom is -0.508 e. The zero-order chi connectivity index (χ0) is 12.4. The van der Waals surface area contributed by atoms with E-state index in [-0.39, 0.29) is 0 Å². The fraction of sp³-hybridized carbons (Fsp3) is 0.600. The molecule has 3 heteroatoms. The lowest BCUT2D eigenvalue weighted by Crippen LogP contribution is -2.36. The van der Waals surface area contributed by atoms with Gasteiger partial charge in [0.15, 0.2) is 0 Å². The van der Waals surface area contributed by atoms with E-state index in [9.17, 15) is 5.11 Å². The Morgan fingerprint density at radius 1 is 1.06 bits per heavy atom. The van der Waals surface area contributed by atoms with E-state index in [0.717, 1.165) is 12.6 Å². The molecule has 2 fully saturated rings. The van der Waals surface area contributed by atoms with Gasteiger partial charge in [0.2, 0.25) is 0 Å². The summed E-state index contributed by atoms with van der Waals surface area (Å²) in [7, 11) is 0. The molecule has 1 N–H and O–H groups in total. The van der Waals surface area contributed by atoms with Crippen molar-refractivity contribution < 1.29 is 5.11 Å². The Morgan fingerprint density at radius 2 is 1.83 bits per heavy atom. The fourth-order valence-corrected chi connectivity index (χ4v) is 3.29. The van der Waals surface area contributed by atoms with Crippen LogP contribution >= 0.6 is 0 Å². The second kappa shape index (κ2) is 5.29. The highest BCUT2D eigenvalue weighted by atomic mass is 16.3. The van der Waals surface area contributed by atoms with Crippen LogP contribution in [-0.2, 0) is 6.54 Å². The smallest absolute Gasteiger partial charge is 0.115 e. The predicted octanol–water partition coefficient (Wildman–Crippen LogP) is 2.06.